The molecule has 5 heteroatoms. The average molecular weight is 406 g/mol. The summed E-state index contributed by atoms with van der Waals surface area (Å²) in [6.07, 6.45) is 3.73. The van der Waals surface area contributed by atoms with Crippen LogP contribution in [-0.4, -0.2) is 28.5 Å². The molecule has 0 saturated heterocycles. The third-order valence-electron chi connectivity index (χ3n) is 5.57. The number of aromatic nitrogens is 1. The standard InChI is InChI=1S/C25H31N3O2/c1-17(2)15-27-18(3)12-21(19(27)4)13-22(14-26)25(29)28(23-8-9-23)16-20-6-10-24(30-5)11-7-20/h6-7,10-13,17,23H,8-9,15-16H2,1-5H3/b22-13+. The molecule has 1 aliphatic rings. The minimum Gasteiger partial charge on any atom is -0.497 e. The lowest BCUT2D eigenvalue weighted by Gasteiger charge is -2.22. The molecule has 1 amide bonds. The van der Waals surface area contributed by atoms with Crippen LogP contribution >= 0.6 is 0 Å². The molecule has 0 atom stereocenters. The summed E-state index contributed by atoms with van der Waals surface area (Å²) in [6, 6.07) is 12.2. The van der Waals surface area contributed by atoms with E-state index in [4.69, 9.17) is 4.74 Å². The van der Waals surface area contributed by atoms with Gasteiger partial charge in [0, 0.05) is 30.5 Å². The van der Waals surface area contributed by atoms with Gasteiger partial charge in [-0.25, -0.2) is 0 Å². The van der Waals surface area contributed by atoms with Gasteiger partial charge in [0.05, 0.1) is 7.11 Å². The number of carbonyl (C=O) groups is 1. The van der Waals surface area contributed by atoms with E-state index in [0.29, 0.717) is 12.5 Å². The summed E-state index contributed by atoms with van der Waals surface area (Å²) >= 11 is 0. The van der Waals surface area contributed by atoms with Crippen molar-refractivity contribution in [3.63, 3.8) is 0 Å². The van der Waals surface area contributed by atoms with Crippen LogP contribution in [0.25, 0.3) is 6.08 Å². The molecule has 0 spiro atoms. The Labute approximate surface area is 179 Å². The number of rotatable bonds is 8. The molecule has 1 aliphatic carbocycles. The Morgan fingerprint density at radius 1 is 1.30 bits per heavy atom. The molecule has 1 aromatic carbocycles. The lowest BCUT2D eigenvalue weighted by Crippen LogP contribution is -2.33. The number of nitrogens with zero attached hydrogens (tertiary/aromatic N) is 3. The number of amides is 1. The Morgan fingerprint density at radius 3 is 2.50 bits per heavy atom. The van der Waals surface area contributed by atoms with Crippen LogP contribution in [0.5, 0.6) is 5.75 Å². The van der Waals surface area contributed by atoms with Gasteiger partial charge in [-0.15, -0.1) is 0 Å². The Balaban J connectivity index is 1.85. The number of nitriles is 1. The number of benzene rings is 1. The van der Waals surface area contributed by atoms with Crippen molar-refractivity contribution in [3.05, 3.63) is 58.4 Å². The first kappa shape index (κ1) is 21.7. The van der Waals surface area contributed by atoms with Crippen molar-refractivity contribution in [2.75, 3.05) is 7.11 Å². The third kappa shape index (κ3) is 4.94. The van der Waals surface area contributed by atoms with E-state index < -0.39 is 0 Å². The maximum Gasteiger partial charge on any atom is 0.265 e. The molecular formula is C25H31N3O2. The van der Waals surface area contributed by atoms with Gasteiger partial charge in [-0.3, -0.25) is 4.79 Å². The van der Waals surface area contributed by atoms with E-state index in [9.17, 15) is 10.1 Å². The number of ether oxygens (including phenoxy) is 1. The van der Waals surface area contributed by atoms with Crippen LogP contribution in [0.15, 0.2) is 35.9 Å². The number of carbonyl (C=O) groups excluding carboxylic acids is 1. The molecule has 1 saturated carbocycles. The van der Waals surface area contributed by atoms with Gasteiger partial charge >= 0.3 is 0 Å². The minimum absolute atomic E-state index is 0.190. The molecule has 2 aromatic rings. The number of hydrogen-bond donors (Lipinski definition) is 0. The second kappa shape index (κ2) is 9.21. The van der Waals surface area contributed by atoms with Gasteiger partial charge in [0.2, 0.25) is 0 Å². The second-order valence-electron chi connectivity index (χ2n) is 8.51. The van der Waals surface area contributed by atoms with Gasteiger partial charge in [-0.05, 0) is 68.0 Å². The summed E-state index contributed by atoms with van der Waals surface area (Å²) in [5.74, 6) is 1.13. The SMILES string of the molecule is COc1ccc(CN(C(=O)/C(C#N)=C/c2cc(C)n(CC(C)C)c2C)C2CC2)cc1. The fourth-order valence-corrected chi connectivity index (χ4v) is 3.75. The van der Waals surface area contributed by atoms with E-state index in [-0.39, 0.29) is 17.5 Å². The van der Waals surface area contributed by atoms with Crippen molar-refractivity contribution in [1.29, 1.82) is 5.26 Å². The smallest absolute Gasteiger partial charge is 0.265 e. The Hall–Kier alpha value is -3.00. The van der Waals surface area contributed by atoms with Crippen LogP contribution in [-0.2, 0) is 17.9 Å². The lowest BCUT2D eigenvalue weighted by molar-refractivity contribution is -0.127. The molecule has 0 unspecified atom stereocenters. The molecule has 1 heterocycles. The zero-order chi connectivity index (χ0) is 21.8. The summed E-state index contributed by atoms with van der Waals surface area (Å²) in [6.45, 7) is 9.92. The van der Waals surface area contributed by atoms with E-state index in [1.165, 1.54) is 0 Å². The summed E-state index contributed by atoms with van der Waals surface area (Å²) < 4.78 is 7.47. The molecule has 158 valence electrons. The highest BCUT2D eigenvalue weighted by molar-refractivity contribution is 6.02. The van der Waals surface area contributed by atoms with Crippen LogP contribution in [0.1, 0.15) is 49.2 Å². The van der Waals surface area contributed by atoms with E-state index in [1.54, 1.807) is 13.2 Å². The molecule has 3 rings (SSSR count). The quantitative estimate of drug-likeness (QED) is 0.465. The fourth-order valence-electron chi connectivity index (χ4n) is 3.75. The van der Waals surface area contributed by atoms with Gasteiger partial charge in [0.1, 0.15) is 17.4 Å². The predicted molar refractivity (Wildman–Crippen MR) is 119 cm³/mol. The van der Waals surface area contributed by atoms with E-state index in [0.717, 1.165) is 47.7 Å². The van der Waals surface area contributed by atoms with Gasteiger partial charge in [0.25, 0.3) is 5.91 Å². The molecule has 1 aromatic heterocycles. The first-order chi connectivity index (χ1) is 14.3. The number of methoxy groups -OCH3 is 1. The lowest BCUT2D eigenvalue weighted by atomic mass is 10.1. The van der Waals surface area contributed by atoms with Crippen molar-refractivity contribution in [1.82, 2.24) is 9.47 Å². The molecule has 0 aliphatic heterocycles. The molecule has 1 fully saturated rings. The van der Waals surface area contributed by atoms with Gasteiger partial charge in [0.15, 0.2) is 0 Å². The second-order valence-corrected chi connectivity index (χ2v) is 8.51. The van der Waals surface area contributed by atoms with Crippen LogP contribution in [0.3, 0.4) is 0 Å². The highest BCUT2D eigenvalue weighted by atomic mass is 16.5. The van der Waals surface area contributed by atoms with Crippen LogP contribution in [0.2, 0.25) is 0 Å². The van der Waals surface area contributed by atoms with Gasteiger partial charge in [-0.2, -0.15) is 5.26 Å². The topological polar surface area (TPSA) is 58.3 Å². The van der Waals surface area contributed by atoms with Gasteiger partial charge in [-0.1, -0.05) is 26.0 Å². The van der Waals surface area contributed by atoms with Crippen molar-refractivity contribution in [2.45, 2.75) is 59.7 Å². The fraction of sp³-hybridized carbons (Fsp3) is 0.440. The zero-order valence-electron chi connectivity index (χ0n) is 18.6. The van der Waals surface area contributed by atoms with Crippen LogP contribution in [0.4, 0.5) is 0 Å². The van der Waals surface area contributed by atoms with Crippen LogP contribution < -0.4 is 4.74 Å². The molecule has 30 heavy (non-hydrogen) atoms. The molecule has 0 radical (unpaired) electrons. The highest BCUT2D eigenvalue weighted by Gasteiger charge is 2.34. The number of aryl methyl sites for hydroxylation is 1. The third-order valence-corrected chi connectivity index (χ3v) is 5.57. The average Bonchev–Trinajstić information content (AvgIpc) is 3.53. The maximum absolute atomic E-state index is 13.3. The first-order valence-corrected chi connectivity index (χ1v) is 10.6. The number of hydrogen-bond acceptors (Lipinski definition) is 3. The van der Waals surface area contributed by atoms with Gasteiger partial charge < -0.3 is 14.2 Å². The molecule has 0 N–H and O–H groups in total. The summed E-state index contributed by atoms with van der Waals surface area (Å²) in [7, 11) is 1.64. The van der Waals surface area contributed by atoms with E-state index >= 15 is 0 Å². The monoisotopic (exact) mass is 405 g/mol. The largest absolute Gasteiger partial charge is 0.497 e. The van der Waals surface area contributed by atoms with Crippen molar-refractivity contribution < 1.29 is 9.53 Å². The van der Waals surface area contributed by atoms with Crippen LogP contribution in [0, 0.1) is 31.1 Å². The zero-order valence-corrected chi connectivity index (χ0v) is 18.6. The molecular weight excluding hydrogens is 374 g/mol. The van der Waals surface area contributed by atoms with Crippen molar-refractivity contribution >= 4 is 12.0 Å². The summed E-state index contributed by atoms with van der Waals surface area (Å²) in [5, 5.41) is 9.77. The first-order valence-electron chi connectivity index (χ1n) is 10.6. The van der Waals surface area contributed by atoms with E-state index in [1.807, 2.05) is 29.2 Å². The Morgan fingerprint density at radius 2 is 1.97 bits per heavy atom. The summed E-state index contributed by atoms with van der Waals surface area (Å²) in [5.41, 5.74) is 4.41. The van der Waals surface area contributed by atoms with E-state index in [2.05, 4.69) is 44.4 Å². The highest BCUT2D eigenvalue weighted by Crippen LogP contribution is 2.30. The minimum atomic E-state index is -0.190. The van der Waals surface area contributed by atoms with Crippen molar-refractivity contribution in [3.8, 4) is 11.8 Å². The molecule has 5 nitrogen and oxygen atoms in total. The van der Waals surface area contributed by atoms with Crippen molar-refractivity contribution in [2.24, 2.45) is 5.92 Å². The maximum atomic E-state index is 13.3. The normalized spacial score (nSPS) is 14.0. The molecule has 0 bridgehead atoms. The predicted octanol–water partition coefficient (Wildman–Crippen LogP) is 4.87. The Bertz CT molecular complexity index is 973. The summed E-state index contributed by atoms with van der Waals surface area (Å²) in [4.78, 5) is 15.1. The Kier molecular flexibility index (Phi) is 6.66.